The molecule has 1 aliphatic rings. The Hall–Kier alpha value is -0.530. The summed E-state index contributed by atoms with van der Waals surface area (Å²) in [6.07, 6.45) is 7.77. The standard InChI is InChI=1S/C19H30ClN/c1-4-12-21-18(14-15-8-7-9-16(20)13-15)17-10-5-6-11-19(17,2)3/h7-9,13,17-18,21H,4-6,10-12,14H2,1-3H3. The maximum absolute atomic E-state index is 6.15. The number of nitrogens with one attached hydrogen (secondary N) is 1. The Morgan fingerprint density at radius 3 is 2.81 bits per heavy atom. The third-order valence-electron chi connectivity index (χ3n) is 5.08. The van der Waals surface area contributed by atoms with Gasteiger partial charge >= 0.3 is 0 Å². The average molecular weight is 308 g/mol. The minimum absolute atomic E-state index is 0.447. The lowest BCUT2D eigenvalue weighted by molar-refractivity contribution is 0.0981. The summed E-state index contributed by atoms with van der Waals surface area (Å²) in [6.45, 7) is 8.26. The summed E-state index contributed by atoms with van der Waals surface area (Å²) in [7, 11) is 0. The summed E-state index contributed by atoms with van der Waals surface area (Å²) in [5, 5.41) is 4.67. The molecule has 1 saturated carbocycles. The first-order valence-corrected chi connectivity index (χ1v) is 8.88. The molecule has 0 saturated heterocycles. The first kappa shape index (κ1) is 16.8. The van der Waals surface area contributed by atoms with Crippen LogP contribution in [0.15, 0.2) is 24.3 Å². The fourth-order valence-corrected chi connectivity index (χ4v) is 4.08. The highest BCUT2D eigenvalue weighted by molar-refractivity contribution is 6.30. The highest BCUT2D eigenvalue weighted by Gasteiger charge is 2.37. The molecule has 1 nitrogen and oxygen atoms in total. The molecule has 2 rings (SSSR count). The molecule has 118 valence electrons. The third kappa shape index (κ3) is 4.72. The van der Waals surface area contributed by atoms with Gasteiger partial charge in [-0.25, -0.2) is 0 Å². The van der Waals surface area contributed by atoms with E-state index < -0.39 is 0 Å². The summed E-state index contributed by atoms with van der Waals surface area (Å²) >= 11 is 6.15. The Morgan fingerprint density at radius 1 is 1.33 bits per heavy atom. The van der Waals surface area contributed by atoms with Gasteiger partial charge in [0.2, 0.25) is 0 Å². The van der Waals surface area contributed by atoms with Gasteiger partial charge in [0.25, 0.3) is 0 Å². The van der Waals surface area contributed by atoms with E-state index in [4.69, 9.17) is 11.6 Å². The van der Waals surface area contributed by atoms with Crippen LogP contribution in [-0.2, 0) is 6.42 Å². The van der Waals surface area contributed by atoms with Gasteiger partial charge in [-0.2, -0.15) is 0 Å². The monoisotopic (exact) mass is 307 g/mol. The first-order chi connectivity index (χ1) is 10.0. The van der Waals surface area contributed by atoms with Crippen molar-refractivity contribution >= 4 is 11.6 Å². The van der Waals surface area contributed by atoms with Crippen LogP contribution in [0.4, 0.5) is 0 Å². The third-order valence-corrected chi connectivity index (χ3v) is 5.31. The summed E-state index contributed by atoms with van der Waals surface area (Å²) in [5.41, 5.74) is 1.81. The molecule has 1 aliphatic carbocycles. The Labute approximate surface area is 135 Å². The van der Waals surface area contributed by atoms with Crippen LogP contribution in [0.5, 0.6) is 0 Å². The molecule has 1 fully saturated rings. The number of rotatable bonds is 6. The second kappa shape index (κ2) is 7.65. The second-order valence-corrected chi connectivity index (χ2v) is 7.67. The molecule has 0 radical (unpaired) electrons. The van der Waals surface area contributed by atoms with Crippen LogP contribution in [-0.4, -0.2) is 12.6 Å². The van der Waals surface area contributed by atoms with E-state index in [0.717, 1.165) is 23.9 Å². The van der Waals surface area contributed by atoms with Gasteiger partial charge in [0.05, 0.1) is 0 Å². The topological polar surface area (TPSA) is 12.0 Å². The number of benzene rings is 1. The zero-order valence-electron chi connectivity index (χ0n) is 13.8. The van der Waals surface area contributed by atoms with Gasteiger partial charge in [-0.1, -0.05) is 57.3 Å². The van der Waals surface area contributed by atoms with Crippen molar-refractivity contribution in [2.45, 2.75) is 65.3 Å². The predicted octanol–water partition coefficient (Wildman–Crippen LogP) is 5.47. The lowest BCUT2D eigenvalue weighted by atomic mass is 9.65. The summed E-state index contributed by atoms with van der Waals surface area (Å²) in [5.74, 6) is 0.761. The highest BCUT2D eigenvalue weighted by Crippen LogP contribution is 2.43. The van der Waals surface area contributed by atoms with Gasteiger partial charge in [-0.3, -0.25) is 0 Å². The molecule has 0 aromatic heterocycles. The van der Waals surface area contributed by atoms with Gasteiger partial charge in [0.15, 0.2) is 0 Å². The lowest BCUT2D eigenvalue weighted by Gasteiger charge is -2.44. The molecule has 21 heavy (non-hydrogen) atoms. The zero-order chi connectivity index (χ0) is 15.3. The predicted molar refractivity (Wildman–Crippen MR) is 93.0 cm³/mol. The van der Waals surface area contributed by atoms with Crippen molar-refractivity contribution in [2.24, 2.45) is 11.3 Å². The Balaban J connectivity index is 2.13. The van der Waals surface area contributed by atoms with Gasteiger partial charge in [0, 0.05) is 11.1 Å². The van der Waals surface area contributed by atoms with Crippen LogP contribution in [0.3, 0.4) is 0 Å². The van der Waals surface area contributed by atoms with E-state index in [9.17, 15) is 0 Å². The Bertz CT molecular complexity index is 441. The molecule has 1 aromatic carbocycles. The van der Waals surface area contributed by atoms with Crippen LogP contribution in [0, 0.1) is 11.3 Å². The molecule has 0 heterocycles. The molecule has 0 spiro atoms. The molecule has 2 unspecified atom stereocenters. The second-order valence-electron chi connectivity index (χ2n) is 7.24. The van der Waals surface area contributed by atoms with Crippen LogP contribution in [0.2, 0.25) is 5.02 Å². The molecular formula is C19H30ClN. The SMILES string of the molecule is CCCNC(Cc1cccc(Cl)c1)C1CCCCC1(C)C. The molecule has 0 bridgehead atoms. The molecular weight excluding hydrogens is 278 g/mol. The Kier molecular flexibility index (Phi) is 6.13. The fraction of sp³-hybridized carbons (Fsp3) is 0.684. The summed E-state index contributed by atoms with van der Waals surface area (Å²) < 4.78 is 0. The average Bonchev–Trinajstić information content (AvgIpc) is 2.43. The quantitative estimate of drug-likeness (QED) is 0.735. The molecule has 1 N–H and O–H groups in total. The van der Waals surface area contributed by atoms with Gasteiger partial charge in [0.1, 0.15) is 0 Å². The summed E-state index contributed by atoms with van der Waals surface area (Å²) in [4.78, 5) is 0. The number of halogens is 1. The largest absolute Gasteiger partial charge is 0.313 e. The first-order valence-electron chi connectivity index (χ1n) is 8.51. The van der Waals surface area contributed by atoms with Crippen molar-refractivity contribution < 1.29 is 0 Å². The van der Waals surface area contributed by atoms with Crippen molar-refractivity contribution in [2.75, 3.05) is 6.54 Å². The van der Waals surface area contributed by atoms with Crippen molar-refractivity contribution in [1.82, 2.24) is 5.32 Å². The van der Waals surface area contributed by atoms with Crippen molar-refractivity contribution in [1.29, 1.82) is 0 Å². The maximum atomic E-state index is 6.15. The molecule has 0 amide bonds. The van der Waals surface area contributed by atoms with E-state index >= 15 is 0 Å². The van der Waals surface area contributed by atoms with E-state index in [2.05, 4.69) is 44.3 Å². The van der Waals surface area contributed by atoms with E-state index in [1.807, 2.05) is 6.07 Å². The van der Waals surface area contributed by atoms with Crippen molar-refractivity contribution in [3.05, 3.63) is 34.9 Å². The van der Waals surface area contributed by atoms with E-state index in [1.54, 1.807) is 0 Å². The van der Waals surface area contributed by atoms with Gasteiger partial charge in [-0.15, -0.1) is 0 Å². The molecule has 0 aliphatic heterocycles. The minimum atomic E-state index is 0.447. The molecule has 1 aromatic rings. The van der Waals surface area contributed by atoms with E-state index in [0.29, 0.717) is 11.5 Å². The van der Waals surface area contributed by atoms with Crippen LogP contribution in [0.1, 0.15) is 58.4 Å². The van der Waals surface area contributed by atoms with Crippen LogP contribution in [0.25, 0.3) is 0 Å². The highest BCUT2D eigenvalue weighted by atomic mass is 35.5. The van der Waals surface area contributed by atoms with Gasteiger partial charge in [-0.05, 0) is 61.3 Å². The van der Waals surface area contributed by atoms with Crippen molar-refractivity contribution in [3.63, 3.8) is 0 Å². The smallest absolute Gasteiger partial charge is 0.0408 e. The zero-order valence-corrected chi connectivity index (χ0v) is 14.5. The molecule has 2 heteroatoms. The lowest BCUT2D eigenvalue weighted by Crippen LogP contribution is -2.46. The Morgan fingerprint density at radius 2 is 2.14 bits per heavy atom. The van der Waals surface area contributed by atoms with Crippen molar-refractivity contribution in [3.8, 4) is 0 Å². The van der Waals surface area contributed by atoms with E-state index in [1.165, 1.54) is 37.7 Å². The van der Waals surface area contributed by atoms with E-state index in [-0.39, 0.29) is 0 Å². The van der Waals surface area contributed by atoms with Crippen LogP contribution >= 0.6 is 11.6 Å². The molecule has 2 atom stereocenters. The van der Waals surface area contributed by atoms with Crippen LogP contribution < -0.4 is 5.32 Å². The normalized spacial score (nSPS) is 23.0. The summed E-state index contributed by atoms with van der Waals surface area (Å²) in [6, 6.07) is 8.93. The van der Waals surface area contributed by atoms with Gasteiger partial charge < -0.3 is 5.32 Å². The maximum Gasteiger partial charge on any atom is 0.0408 e. The number of hydrogen-bond donors (Lipinski definition) is 1. The minimum Gasteiger partial charge on any atom is -0.313 e. The fourth-order valence-electron chi connectivity index (χ4n) is 3.87. The number of hydrogen-bond acceptors (Lipinski definition) is 1.